The number of ether oxygens (including phenoxy) is 1. The summed E-state index contributed by atoms with van der Waals surface area (Å²) in [5.41, 5.74) is 0.221. The summed E-state index contributed by atoms with van der Waals surface area (Å²) in [5, 5.41) is 0. The number of rotatable bonds is 2. The number of carbonyl (C=O) groups is 2. The van der Waals surface area contributed by atoms with Crippen molar-refractivity contribution in [2.45, 2.75) is 48.9 Å². The molecule has 3 aliphatic rings. The van der Waals surface area contributed by atoms with Crippen LogP contribution in [-0.4, -0.2) is 18.9 Å². The van der Waals surface area contributed by atoms with Crippen molar-refractivity contribution in [2.24, 2.45) is 22.7 Å². The molecule has 0 amide bonds. The molecule has 4 atom stereocenters. The average Bonchev–Trinajstić information content (AvgIpc) is 3.19. The van der Waals surface area contributed by atoms with Gasteiger partial charge >= 0.3 is 136 Å². The zero-order valence-electron chi connectivity index (χ0n) is 12.3. The monoisotopic (exact) mass is 486 g/mol. The van der Waals surface area contributed by atoms with Gasteiger partial charge in [0.15, 0.2) is 0 Å². The van der Waals surface area contributed by atoms with Gasteiger partial charge in [-0.05, 0) is 0 Å². The maximum absolute atomic E-state index is 12.3. The summed E-state index contributed by atoms with van der Waals surface area (Å²) < 4.78 is 5.73. The van der Waals surface area contributed by atoms with Gasteiger partial charge in [-0.3, -0.25) is 0 Å². The van der Waals surface area contributed by atoms with Crippen LogP contribution in [0.2, 0.25) is 3.43 Å². The molecule has 0 saturated heterocycles. The Bertz CT molecular complexity index is 440. The van der Waals surface area contributed by atoms with Crippen molar-refractivity contribution < 1.29 is 37.7 Å². The standard InChI is InChI=1S/C15H21O3.ClH.Hg/c1-14-6-3-7-15(8-9-15)11(14)5-4-10(16)12(14)13(17)18-2;;/h7,11-12H,3-6,8-9H2,1-2H3;1H;/q;;+1/p-1/t11?,12-,14-;;/m0../s1. The van der Waals surface area contributed by atoms with Crippen molar-refractivity contribution in [1.29, 1.82) is 0 Å². The second-order valence-corrected chi connectivity index (χ2v) is 14.9. The van der Waals surface area contributed by atoms with E-state index in [2.05, 4.69) is 6.92 Å². The molecule has 3 fully saturated rings. The number of hydrogen-bond donors (Lipinski definition) is 0. The maximum atomic E-state index is 12.3. The van der Waals surface area contributed by atoms with E-state index in [1.807, 2.05) is 0 Å². The second kappa shape index (κ2) is 5.22. The third kappa shape index (κ3) is 2.02. The van der Waals surface area contributed by atoms with E-state index in [-0.39, 0.29) is 17.2 Å². The predicted octanol–water partition coefficient (Wildman–Crippen LogP) is 3.36. The normalized spacial score (nSPS) is 41.8. The van der Waals surface area contributed by atoms with Crippen molar-refractivity contribution in [1.82, 2.24) is 0 Å². The first-order valence-corrected chi connectivity index (χ1v) is 17.6. The number of hydrogen-bond acceptors (Lipinski definition) is 3. The topological polar surface area (TPSA) is 43.4 Å². The summed E-state index contributed by atoms with van der Waals surface area (Å²) >= 11 is -1.28. The minimum absolute atomic E-state index is 0.0975. The summed E-state index contributed by atoms with van der Waals surface area (Å²) in [6.45, 7) is 2.16. The van der Waals surface area contributed by atoms with Crippen molar-refractivity contribution in [2.75, 3.05) is 7.11 Å². The Hall–Kier alpha value is 0.365. The summed E-state index contributed by atoms with van der Waals surface area (Å²) in [6.07, 6.45) is 6.16. The van der Waals surface area contributed by atoms with Crippen molar-refractivity contribution in [3.05, 3.63) is 0 Å². The second-order valence-electron chi connectivity index (χ2n) is 7.14. The number of carbonyl (C=O) groups excluding carboxylic acids is 2. The van der Waals surface area contributed by atoms with E-state index >= 15 is 0 Å². The van der Waals surface area contributed by atoms with Crippen LogP contribution in [0.3, 0.4) is 0 Å². The van der Waals surface area contributed by atoms with E-state index in [0.717, 1.165) is 22.7 Å². The molecule has 20 heavy (non-hydrogen) atoms. The fraction of sp³-hybridized carbons (Fsp3) is 0.867. The first kappa shape index (κ1) is 15.3. The summed E-state index contributed by atoms with van der Waals surface area (Å²) in [5.74, 6) is -0.238. The molecule has 0 aromatic heterocycles. The third-order valence-electron chi connectivity index (χ3n) is 6.45. The molecule has 0 aliphatic heterocycles. The SMILES string of the molecule is COC(=O)[C@@H]1C(=O)CCC2C3(CC3)[CH]([Hg][Cl])CC[C@@]21C. The number of ketones is 1. The molecule has 5 heteroatoms. The molecule has 0 bridgehead atoms. The summed E-state index contributed by atoms with van der Waals surface area (Å²) in [7, 11) is 7.80. The molecule has 0 N–H and O–H groups in total. The molecule has 0 radical (unpaired) electrons. The molecule has 0 aromatic carbocycles. The van der Waals surface area contributed by atoms with E-state index in [1.54, 1.807) is 0 Å². The van der Waals surface area contributed by atoms with Gasteiger partial charge in [0.1, 0.15) is 0 Å². The Morgan fingerprint density at radius 2 is 2.05 bits per heavy atom. The van der Waals surface area contributed by atoms with E-state index < -0.39 is 29.3 Å². The Morgan fingerprint density at radius 3 is 2.60 bits per heavy atom. The molecule has 3 nitrogen and oxygen atoms in total. The van der Waals surface area contributed by atoms with Gasteiger partial charge in [0.05, 0.1) is 0 Å². The van der Waals surface area contributed by atoms with Crippen molar-refractivity contribution in [3.8, 4) is 0 Å². The number of Topliss-reactive ketones (excluding diaryl/α,β-unsaturated/α-hetero) is 1. The summed E-state index contributed by atoms with van der Waals surface area (Å²) in [6, 6.07) is 0. The molecule has 1 spiro atoms. The van der Waals surface area contributed by atoms with Gasteiger partial charge in [0, 0.05) is 0 Å². The number of methoxy groups -OCH3 is 1. The van der Waals surface area contributed by atoms with Crippen LogP contribution < -0.4 is 0 Å². The quantitative estimate of drug-likeness (QED) is 0.343. The fourth-order valence-electron chi connectivity index (χ4n) is 5.30. The van der Waals surface area contributed by atoms with Crippen LogP contribution in [0, 0.1) is 22.7 Å². The molecular weight excluding hydrogens is 464 g/mol. The van der Waals surface area contributed by atoms with Gasteiger partial charge < -0.3 is 0 Å². The third-order valence-corrected chi connectivity index (χ3v) is 15.9. The van der Waals surface area contributed by atoms with Gasteiger partial charge in [0.25, 0.3) is 0 Å². The molecule has 3 rings (SSSR count). The van der Waals surface area contributed by atoms with Gasteiger partial charge in [-0.25, -0.2) is 0 Å². The molecule has 0 heterocycles. The van der Waals surface area contributed by atoms with Crippen LogP contribution in [0.15, 0.2) is 0 Å². The number of halogens is 1. The van der Waals surface area contributed by atoms with Crippen LogP contribution in [0.1, 0.15) is 45.4 Å². The van der Waals surface area contributed by atoms with E-state index in [0.29, 0.717) is 17.8 Å². The predicted molar refractivity (Wildman–Crippen MR) is 71.8 cm³/mol. The number of esters is 1. The van der Waals surface area contributed by atoms with Crippen LogP contribution in [0.25, 0.3) is 0 Å². The Balaban J connectivity index is 1.97. The summed E-state index contributed by atoms with van der Waals surface area (Å²) in [4.78, 5) is 24.5. The average molecular weight is 485 g/mol. The van der Waals surface area contributed by atoms with Crippen LogP contribution in [0.5, 0.6) is 0 Å². The van der Waals surface area contributed by atoms with Gasteiger partial charge in [-0.2, -0.15) is 0 Å². The molecule has 3 aliphatic carbocycles. The van der Waals surface area contributed by atoms with E-state index in [1.165, 1.54) is 20.0 Å². The first-order chi connectivity index (χ1) is 9.49. The molecule has 2 unspecified atom stereocenters. The first-order valence-electron chi connectivity index (χ1n) is 7.66. The minimum atomic E-state index is -1.28. The fourth-order valence-corrected chi connectivity index (χ4v) is 14.6. The van der Waals surface area contributed by atoms with Gasteiger partial charge in [-0.15, -0.1) is 0 Å². The Morgan fingerprint density at radius 1 is 1.35 bits per heavy atom. The molecular formula is C15H21ClHgO3. The van der Waals surface area contributed by atoms with E-state index in [9.17, 15) is 9.59 Å². The zero-order valence-corrected chi connectivity index (χ0v) is 18.5. The molecule has 0 aromatic rings. The number of fused-ring (bicyclic) bond motifs is 2. The molecule has 3 saturated carbocycles. The van der Waals surface area contributed by atoms with Crippen LogP contribution >= 0.6 is 8.25 Å². The Labute approximate surface area is 136 Å². The van der Waals surface area contributed by atoms with Crippen molar-refractivity contribution >= 4 is 20.0 Å². The van der Waals surface area contributed by atoms with Gasteiger partial charge in [0.2, 0.25) is 0 Å². The van der Waals surface area contributed by atoms with Crippen LogP contribution in [0.4, 0.5) is 0 Å². The van der Waals surface area contributed by atoms with Crippen LogP contribution in [-0.2, 0) is 37.7 Å². The molecule has 108 valence electrons. The van der Waals surface area contributed by atoms with E-state index in [4.69, 9.17) is 13.0 Å². The van der Waals surface area contributed by atoms with Gasteiger partial charge in [-0.1, -0.05) is 0 Å². The zero-order chi connectivity index (χ0) is 14.5. The van der Waals surface area contributed by atoms with Crippen molar-refractivity contribution in [3.63, 3.8) is 0 Å². The Kier molecular flexibility index (Phi) is 3.99.